The molecule has 7 nitrogen and oxygen atoms in total. The van der Waals surface area contributed by atoms with E-state index in [1.165, 1.54) is 14.7 Å². The van der Waals surface area contributed by atoms with Gasteiger partial charge in [-0.25, -0.2) is 25.5 Å². The fraction of sp³-hybridized carbons (Fsp3) is 0.600. The molecule has 0 N–H and O–H groups in total. The van der Waals surface area contributed by atoms with Gasteiger partial charge in [0.1, 0.15) is 11.1 Å². The normalized spacial score (nSPS) is 26.2. The average molecular weight is 526 g/mol. The van der Waals surface area contributed by atoms with Gasteiger partial charge in [0.2, 0.25) is 20.0 Å². The van der Waals surface area contributed by atoms with Gasteiger partial charge in [-0.05, 0) is 63.2 Å². The van der Waals surface area contributed by atoms with Gasteiger partial charge in [0.05, 0.1) is 5.25 Å². The highest BCUT2D eigenvalue weighted by Crippen LogP contribution is 2.34. The fourth-order valence-corrected chi connectivity index (χ4v) is 8.90. The molecule has 2 heterocycles. The Labute approximate surface area is 209 Å². The van der Waals surface area contributed by atoms with E-state index in [0.29, 0.717) is 43.6 Å². The van der Waals surface area contributed by atoms with Gasteiger partial charge in [0.25, 0.3) is 0 Å². The molecule has 0 saturated carbocycles. The number of allylic oxidation sites excluding steroid dienone is 3. The van der Waals surface area contributed by atoms with Crippen molar-refractivity contribution in [2.75, 3.05) is 32.1 Å². The molecule has 10 heteroatoms. The lowest BCUT2D eigenvalue weighted by Gasteiger charge is -2.38. The zero-order valence-corrected chi connectivity index (χ0v) is 22.4. The Morgan fingerprint density at radius 2 is 1.80 bits per heavy atom. The first-order valence-corrected chi connectivity index (χ1v) is 15.3. The molecule has 1 unspecified atom stereocenters. The quantitative estimate of drug-likeness (QED) is 0.567. The van der Waals surface area contributed by atoms with Crippen molar-refractivity contribution in [3.63, 3.8) is 0 Å². The van der Waals surface area contributed by atoms with E-state index in [0.717, 1.165) is 24.8 Å². The number of rotatable bonds is 6. The lowest BCUT2D eigenvalue weighted by atomic mass is 9.99. The summed E-state index contributed by atoms with van der Waals surface area (Å²) >= 11 is 0. The molecule has 3 aliphatic rings. The van der Waals surface area contributed by atoms with Crippen molar-refractivity contribution in [3.05, 3.63) is 53.4 Å². The second-order valence-corrected chi connectivity index (χ2v) is 14.5. The molecule has 0 bridgehead atoms. The minimum absolute atomic E-state index is 0.00621. The van der Waals surface area contributed by atoms with E-state index in [1.807, 2.05) is 36.1 Å². The molecule has 2 aliphatic heterocycles. The number of nitrogens with zero attached hydrogens (tertiary/aromatic N) is 3. The van der Waals surface area contributed by atoms with Crippen LogP contribution in [0.3, 0.4) is 0 Å². The Morgan fingerprint density at radius 3 is 2.40 bits per heavy atom. The van der Waals surface area contributed by atoms with Crippen molar-refractivity contribution in [2.24, 2.45) is 0 Å². The third-order valence-corrected chi connectivity index (χ3v) is 12.2. The Morgan fingerprint density at radius 1 is 1.09 bits per heavy atom. The van der Waals surface area contributed by atoms with Crippen LogP contribution in [0.5, 0.6) is 0 Å². The van der Waals surface area contributed by atoms with E-state index in [1.54, 1.807) is 20.2 Å². The first-order chi connectivity index (χ1) is 16.5. The number of hydrogen-bond acceptors (Lipinski definition) is 5. The van der Waals surface area contributed by atoms with Gasteiger partial charge in [0.15, 0.2) is 0 Å². The summed E-state index contributed by atoms with van der Waals surface area (Å²) in [5.41, 5.74) is 1.89. The number of piperidine rings is 1. The van der Waals surface area contributed by atoms with Crippen LogP contribution in [-0.2, 0) is 26.6 Å². The molecule has 0 amide bonds. The fourth-order valence-electron chi connectivity index (χ4n) is 5.30. The molecular formula is C25H36FN3O4S2. The van der Waals surface area contributed by atoms with Gasteiger partial charge in [-0.2, -0.15) is 4.31 Å². The van der Waals surface area contributed by atoms with Crippen molar-refractivity contribution in [3.8, 4) is 0 Å². The van der Waals surface area contributed by atoms with Crippen molar-refractivity contribution in [1.29, 1.82) is 0 Å². The van der Waals surface area contributed by atoms with Crippen LogP contribution in [0.25, 0.3) is 0 Å². The summed E-state index contributed by atoms with van der Waals surface area (Å²) in [6.07, 6.45) is 10.0. The van der Waals surface area contributed by atoms with Gasteiger partial charge >= 0.3 is 0 Å². The maximum Gasteiger partial charge on any atom is 0.221 e. The second kappa shape index (κ2) is 10.3. The molecule has 2 saturated heterocycles. The first-order valence-electron chi connectivity index (χ1n) is 12.3. The van der Waals surface area contributed by atoms with Crippen molar-refractivity contribution >= 4 is 25.7 Å². The third kappa shape index (κ3) is 5.35. The number of hydrogen-bond donors (Lipinski definition) is 0. The van der Waals surface area contributed by atoms with Crippen molar-refractivity contribution < 1.29 is 21.2 Å². The van der Waals surface area contributed by atoms with Crippen LogP contribution in [-0.4, -0.2) is 69.2 Å². The largest absolute Gasteiger partial charge is 0.371 e. The van der Waals surface area contributed by atoms with Gasteiger partial charge < -0.3 is 4.90 Å². The van der Waals surface area contributed by atoms with Crippen molar-refractivity contribution in [1.82, 2.24) is 8.61 Å². The molecule has 2 atom stereocenters. The highest BCUT2D eigenvalue weighted by Gasteiger charge is 2.41. The maximum atomic E-state index is 15.2. The van der Waals surface area contributed by atoms with E-state index in [9.17, 15) is 16.8 Å². The van der Waals surface area contributed by atoms with Crippen LogP contribution in [0.4, 0.5) is 10.1 Å². The topological polar surface area (TPSA) is 78.0 Å². The Bertz CT molecular complexity index is 1200. The molecule has 4 rings (SSSR count). The summed E-state index contributed by atoms with van der Waals surface area (Å²) in [6.45, 7) is 2.94. The Kier molecular flexibility index (Phi) is 7.76. The predicted molar refractivity (Wildman–Crippen MR) is 138 cm³/mol. The van der Waals surface area contributed by atoms with Crippen LogP contribution >= 0.6 is 0 Å². The minimum atomic E-state index is -3.61. The monoisotopic (exact) mass is 525 g/mol. The second-order valence-electron chi connectivity index (χ2n) is 9.98. The zero-order chi connectivity index (χ0) is 25.4. The van der Waals surface area contributed by atoms with E-state index >= 15 is 4.39 Å². The maximum absolute atomic E-state index is 15.2. The molecule has 1 aromatic carbocycles. The highest BCUT2D eigenvalue weighted by molar-refractivity contribution is 7.90. The summed E-state index contributed by atoms with van der Waals surface area (Å²) in [5.74, 6) is -0.438. The van der Waals surface area contributed by atoms with Crippen LogP contribution in [0.15, 0.2) is 42.0 Å². The van der Waals surface area contributed by atoms with Gasteiger partial charge in [-0.1, -0.05) is 24.3 Å². The molecule has 2 fully saturated rings. The molecule has 194 valence electrons. The van der Waals surface area contributed by atoms with Gasteiger partial charge in [0, 0.05) is 51.0 Å². The summed E-state index contributed by atoms with van der Waals surface area (Å²) in [7, 11) is -3.82. The minimum Gasteiger partial charge on any atom is -0.371 e. The average Bonchev–Trinajstić information content (AvgIpc) is 2.83. The summed E-state index contributed by atoms with van der Waals surface area (Å²) in [4.78, 5) is 1.99. The van der Waals surface area contributed by atoms with Crippen LogP contribution in [0, 0.1) is 5.82 Å². The summed E-state index contributed by atoms with van der Waals surface area (Å²) < 4.78 is 69.7. The smallest absolute Gasteiger partial charge is 0.221 e. The van der Waals surface area contributed by atoms with Crippen LogP contribution in [0.1, 0.15) is 51.0 Å². The molecular weight excluding hydrogens is 489 g/mol. The molecule has 35 heavy (non-hydrogen) atoms. The van der Waals surface area contributed by atoms with E-state index in [4.69, 9.17) is 0 Å². The van der Waals surface area contributed by atoms with Gasteiger partial charge in [-0.3, -0.25) is 0 Å². The zero-order valence-electron chi connectivity index (χ0n) is 20.7. The van der Waals surface area contributed by atoms with E-state index < -0.39 is 36.4 Å². The highest BCUT2D eigenvalue weighted by atomic mass is 32.2. The third-order valence-electron chi connectivity index (χ3n) is 7.52. The lowest BCUT2D eigenvalue weighted by molar-refractivity contribution is 0.284. The van der Waals surface area contributed by atoms with E-state index in [-0.39, 0.29) is 12.6 Å². The van der Waals surface area contributed by atoms with Crippen LogP contribution < -0.4 is 4.90 Å². The summed E-state index contributed by atoms with van der Waals surface area (Å²) in [5, 5.41) is -0.997. The molecule has 0 radical (unpaired) electrons. The molecule has 0 spiro atoms. The first kappa shape index (κ1) is 26.3. The Balaban J connectivity index is 1.47. The number of halogens is 1. The summed E-state index contributed by atoms with van der Waals surface area (Å²) in [6, 6.07) is 4.73. The SMILES string of the molecule is C[C@H]1CCC(C2=CCCC=C2)S(=O)(=O)N1Cc1ccc(N2CCC(S(=O)(=O)N(C)C)CC2)cc1F. The van der Waals surface area contributed by atoms with Crippen LogP contribution in [0.2, 0.25) is 0 Å². The standard InChI is InChI=1S/C25H36FN3O4S2/c1-19-9-12-25(20-7-5-4-6-8-20)35(32,33)29(19)18-21-10-11-22(17-24(21)26)28-15-13-23(14-16-28)34(30,31)27(2)3/h5,7-8,10-11,17,19,23,25H,4,6,9,12-16,18H2,1-3H3/t19-,25?/m0/s1. The molecule has 0 aromatic heterocycles. The predicted octanol–water partition coefficient (Wildman–Crippen LogP) is 3.65. The number of anilines is 1. The number of benzene rings is 1. The Hall–Kier alpha value is -1.75. The molecule has 1 aromatic rings. The number of sulfonamides is 2. The molecule has 1 aliphatic carbocycles. The van der Waals surface area contributed by atoms with Crippen molar-refractivity contribution in [2.45, 2.75) is 68.5 Å². The lowest BCUT2D eigenvalue weighted by Crippen LogP contribution is -2.48. The van der Waals surface area contributed by atoms with Gasteiger partial charge in [-0.15, -0.1) is 0 Å². The van der Waals surface area contributed by atoms with E-state index in [2.05, 4.69) is 0 Å².